The van der Waals surface area contributed by atoms with Crippen LogP contribution in [0.4, 0.5) is 5.69 Å². The van der Waals surface area contributed by atoms with Crippen LogP contribution in [0.3, 0.4) is 0 Å². The largest absolute Gasteiger partial charge is 0.345 e. The molecule has 6 nitrogen and oxygen atoms in total. The Hall–Kier alpha value is -2.37. The predicted octanol–water partition coefficient (Wildman–Crippen LogP) is 1.34. The standard InChI is InChI=1S/C16H20N4O2/c1-18-12-17-20(16(18)22)11-15(21)19-10-6-2-3-7-13-8-4-5-9-14(13)19/h4-5,8-9,12H,2-3,6-7,10-11H2,1H3. The van der Waals surface area contributed by atoms with Gasteiger partial charge in [-0.25, -0.2) is 9.48 Å². The second-order valence-electron chi connectivity index (χ2n) is 5.67. The monoisotopic (exact) mass is 300 g/mol. The van der Waals surface area contributed by atoms with Crippen molar-refractivity contribution in [3.63, 3.8) is 0 Å². The molecule has 1 aromatic carbocycles. The van der Waals surface area contributed by atoms with Gasteiger partial charge in [0.25, 0.3) is 0 Å². The fourth-order valence-electron chi connectivity index (χ4n) is 2.87. The van der Waals surface area contributed by atoms with Crippen LogP contribution in [-0.4, -0.2) is 26.8 Å². The summed E-state index contributed by atoms with van der Waals surface area (Å²) in [6.07, 6.45) is 5.66. The van der Waals surface area contributed by atoms with Gasteiger partial charge in [-0.2, -0.15) is 5.10 Å². The number of hydrogen-bond donors (Lipinski definition) is 0. The molecule has 2 aromatic rings. The van der Waals surface area contributed by atoms with E-state index >= 15 is 0 Å². The molecular weight excluding hydrogens is 280 g/mol. The molecule has 0 saturated heterocycles. The van der Waals surface area contributed by atoms with Gasteiger partial charge in [0.15, 0.2) is 0 Å². The molecule has 0 unspecified atom stereocenters. The van der Waals surface area contributed by atoms with Crippen molar-refractivity contribution in [3.8, 4) is 0 Å². The third-order valence-electron chi connectivity index (χ3n) is 4.08. The molecule has 0 saturated carbocycles. The Balaban J connectivity index is 1.88. The van der Waals surface area contributed by atoms with Crippen molar-refractivity contribution in [1.82, 2.24) is 14.3 Å². The van der Waals surface area contributed by atoms with Crippen molar-refractivity contribution in [2.75, 3.05) is 11.4 Å². The second-order valence-corrected chi connectivity index (χ2v) is 5.67. The van der Waals surface area contributed by atoms with Crippen molar-refractivity contribution in [1.29, 1.82) is 0 Å². The number of carbonyl (C=O) groups excluding carboxylic acids is 1. The van der Waals surface area contributed by atoms with Crippen LogP contribution in [0.2, 0.25) is 0 Å². The van der Waals surface area contributed by atoms with E-state index in [0.29, 0.717) is 6.54 Å². The highest BCUT2D eigenvalue weighted by Gasteiger charge is 2.21. The molecule has 2 heterocycles. The summed E-state index contributed by atoms with van der Waals surface area (Å²) in [5.74, 6) is -0.0878. The van der Waals surface area contributed by atoms with Crippen LogP contribution < -0.4 is 10.6 Å². The molecule has 6 heteroatoms. The highest BCUT2D eigenvalue weighted by Crippen LogP contribution is 2.25. The molecule has 1 aliphatic rings. The maximum atomic E-state index is 12.7. The van der Waals surface area contributed by atoms with E-state index in [1.165, 1.54) is 21.1 Å². The molecule has 0 bridgehead atoms. The van der Waals surface area contributed by atoms with Gasteiger partial charge in [-0.15, -0.1) is 0 Å². The number of benzene rings is 1. The van der Waals surface area contributed by atoms with Crippen LogP contribution >= 0.6 is 0 Å². The fourth-order valence-corrected chi connectivity index (χ4v) is 2.87. The number of carbonyl (C=O) groups is 1. The Labute approximate surface area is 129 Å². The van der Waals surface area contributed by atoms with E-state index in [0.717, 1.165) is 31.4 Å². The van der Waals surface area contributed by atoms with Gasteiger partial charge >= 0.3 is 5.69 Å². The lowest BCUT2D eigenvalue weighted by atomic mass is 10.0. The maximum Gasteiger partial charge on any atom is 0.345 e. The van der Waals surface area contributed by atoms with E-state index in [9.17, 15) is 9.59 Å². The number of anilines is 1. The molecule has 116 valence electrons. The smallest absolute Gasteiger partial charge is 0.311 e. The normalized spacial score (nSPS) is 15.0. The number of aryl methyl sites for hydroxylation is 2. The third kappa shape index (κ3) is 2.81. The van der Waals surface area contributed by atoms with Crippen LogP contribution in [0.5, 0.6) is 0 Å². The summed E-state index contributed by atoms with van der Waals surface area (Å²) in [6.45, 7) is 0.672. The Kier molecular flexibility index (Phi) is 4.09. The summed E-state index contributed by atoms with van der Waals surface area (Å²) in [7, 11) is 1.63. The number of hydrogen-bond acceptors (Lipinski definition) is 3. The molecule has 0 atom stereocenters. The van der Waals surface area contributed by atoms with Gasteiger partial charge < -0.3 is 4.90 Å². The van der Waals surface area contributed by atoms with Crippen molar-refractivity contribution in [3.05, 3.63) is 46.6 Å². The zero-order valence-electron chi connectivity index (χ0n) is 12.7. The third-order valence-corrected chi connectivity index (χ3v) is 4.08. The minimum absolute atomic E-state index is 0.0198. The first-order chi connectivity index (χ1) is 10.7. The first-order valence-corrected chi connectivity index (χ1v) is 7.63. The fraction of sp³-hybridized carbons (Fsp3) is 0.438. The van der Waals surface area contributed by atoms with Gasteiger partial charge in [-0.1, -0.05) is 24.6 Å². The zero-order valence-corrected chi connectivity index (χ0v) is 12.7. The molecule has 0 N–H and O–H groups in total. The molecule has 22 heavy (non-hydrogen) atoms. The summed E-state index contributed by atoms with van der Waals surface area (Å²) in [5.41, 5.74) is 1.90. The van der Waals surface area contributed by atoms with Crippen molar-refractivity contribution >= 4 is 11.6 Å². The summed E-state index contributed by atoms with van der Waals surface area (Å²) in [5, 5.41) is 3.97. The topological polar surface area (TPSA) is 60.1 Å². The SMILES string of the molecule is Cn1cnn(CC(=O)N2CCCCCc3ccccc32)c1=O. The number of amides is 1. The Bertz CT molecular complexity index is 732. The number of aromatic nitrogens is 3. The van der Waals surface area contributed by atoms with Crippen molar-refractivity contribution in [2.24, 2.45) is 7.05 Å². The molecule has 0 aliphatic carbocycles. The van der Waals surface area contributed by atoms with Gasteiger partial charge in [-0.05, 0) is 30.9 Å². The van der Waals surface area contributed by atoms with E-state index in [1.54, 1.807) is 11.9 Å². The summed E-state index contributed by atoms with van der Waals surface area (Å²) < 4.78 is 2.58. The maximum absolute atomic E-state index is 12.7. The molecule has 0 fully saturated rings. The lowest BCUT2D eigenvalue weighted by Crippen LogP contribution is -2.38. The second kappa shape index (κ2) is 6.17. The van der Waals surface area contributed by atoms with Crippen LogP contribution in [0.1, 0.15) is 24.8 Å². The molecule has 0 spiro atoms. The highest BCUT2D eigenvalue weighted by molar-refractivity contribution is 5.94. The zero-order chi connectivity index (χ0) is 15.5. The minimum atomic E-state index is -0.270. The van der Waals surface area contributed by atoms with Crippen LogP contribution in [0, 0.1) is 0 Å². The first kappa shape index (κ1) is 14.6. The quantitative estimate of drug-likeness (QED) is 0.841. The summed E-state index contributed by atoms with van der Waals surface area (Å²) in [4.78, 5) is 26.3. The van der Waals surface area contributed by atoms with E-state index in [2.05, 4.69) is 11.2 Å². The van der Waals surface area contributed by atoms with E-state index < -0.39 is 0 Å². The van der Waals surface area contributed by atoms with Gasteiger partial charge in [0.05, 0.1) is 0 Å². The first-order valence-electron chi connectivity index (χ1n) is 7.63. The molecule has 3 rings (SSSR count). The molecule has 1 aliphatic heterocycles. The highest BCUT2D eigenvalue weighted by atomic mass is 16.2. The van der Waals surface area contributed by atoms with Crippen molar-refractivity contribution in [2.45, 2.75) is 32.2 Å². The Morgan fingerprint density at radius 2 is 2.05 bits per heavy atom. The van der Waals surface area contributed by atoms with Crippen molar-refractivity contribution < 1.29 is 4.79 Å². The van der Waals surface area contributed by atoms with E-state index in [1.807, 2.05) is 18.2 Å². The lowest BCUT2D eigenvalue weighted by Gasteiger charge is -2.27. The Morgan fingerprint density at radius 1 is 1.23 bits per heavy atom. The number of rotatable bonds is 2. The lowest BCUT2D eigenvalue weighted by molar-refractivity contribution is -0.119. The van der Waals surface area contributed by atoms with Gasteiger partial charge in [0, 0.05) is 19.3 Å². The molecule has 1 aromatic heterocycles. The van der Waals surface area contributed by atoms with Crippen LogP contribution in [0.25, 0.3) is 0 Å². The van der Waals surface area contributed by atoms with Gasteiger partial charge in [0.1, 0.15) is 12.9 Å². The summed E-state index contributed by atoms with van der Waals surface area (Å²) in [6, 6.07) is 8.02. The van der Waals surface area contributed by atoms with E-state index in [4.69, 9.17) is 0 Å². The average Bonchev–Trinajstić information content (AvgIpc) is 2.80. The summed E-state index contributed by atoms with van der Waals surface area (Å²) >= 11 is 0. The molecule has 1 amide bonds. The minimum Gasteiger partial charge on any atom is -0.311 e. The number of fused-ring (bicyclic) bond motifs is 1. The number of nitrogens with zero attached hydrogens (tertiary/aromatic N) is 4. The average molecular weight is 300 g/mol. The number of para-hydroxylation sites is 1. The van der Waals surface area contributed by atoms with Gasteiger partial charge in [0.2, 0.25) is 5.91 Å². The van der Waals surface area contributed by atoms with Crippen LogP contribution in [-0.2, 0) is 24.8 Å². The molecule has 0 radical (unpaired) electrons. The van der Waals surface area contributed by atoms with Crippen LogP contribution in [0.15, 0.2) is 35.4 Å². The predicted molar refractivity (Wildman–Crippen MR) is 83.8 cm³/mol. The molecular formula is C16H20N4O2. The van der Waals surface area contributed by atoms with Gasteiger partial charge in [-0.3, -0.25) is 9.36 Å². The Morgan fingerprint density at radius 3 is 2.82 bits per heavy atom. The van der Waals surface area contributed by atoms with E-state index in [-0.39, 0.29) is 18.1 Å².